The molecule has 0 bridgehead atoms. The van der Waals surface area contributed by atoms with Crippen molar-refractivity contribution in [2.24, 2.45) is 0 Å². The third kappa shape index (κ3) is 3.37. The molecule has 5 rings (SSSR count). The normalized spacial score (nSPS) is 12.4. The molecule has 0 saturated carbocycles. The van der Waals surface area contributed by atoms with Crippen LogP contribution in [0.2, 0.25) is 10.0 Å². The Morgan fingerprint density at radius 1 is 1.12 bits per heavy atom. The smallest absolute Gasteiger partial charge is 0.263 e. The second-order valence-electron chi connectivity index (χ2n) is 7.20. The number of anilines is 1. The fraction of sp³-hybridized carbons (Fsp3) is 0.0909. The molecule has 0 radical (unpaired) electrons. The van der Waals surface area contributed by atoms with Gasteiger partial charge in [0.25, 0.3) is 5.56 Å². The van der Waals surface area contributed by atoms with E-state index in [0.717, 1.165) is 0 Å². The molecule has 0 aliphatic carbocycles. The number of pyridine rings is 1. The number of imidazole rings is 1. The minimum absolute atomic E-state index is 0.220. The standard InChI is InChI=1S/C22H15Cl2FN6O/c1-11(30-21-19-20(27-9-26-19)28-10-29-21)17-7-12-5-6-13(25)8-14(12)22(32)31(17)16-4-2-3-15(23)18(16)24/h2-11H,1H3,(H2,26,27,28,29,30). The highest BCUT2D eigenvalue weighted by atomic mass is 35.5. The van der Waals surface area contributed by atoms with E-state index in [9.17, 15) is 9.18 Å². The van der Waals surface area contributed by atoms with Crippen LogP contribution in [0.15, 0.2) is 59.9 Å². The van der Waals surface area contributed by atoms with Gasteiger partial charge in [-0.3, -0.25) is 9.36 Å². The van der Waals surface area contributed by atoms with E-state index in [2.05, 4.69) is 25.3 Å². The molecule has 1 unspecified atom stereocenters. The minimum atomic E-state index is -0.501. The van der Waals surface area contributed by atoms with Crippen molar-refractivity contribution in [3.05, 3.63) is 87.0 Å². The molecule has 7 nitrogen and oxygen atoms in total. The summed E-state index contributed by atoms with van der Waals surface area (Å²) in [6, 6.07) is 10.5. The zero-order valence-corrected chi connectivity index (χ0v) is 18.1. The van der Waals surface area contributed by atoms with E-state index in [0.29, 0.717) is 38.8 Å². The zero-order chi connectivity index (χ0) is 22.4. The van der Waals surface area contributed by atoms with Gasteiger partial charge < -0.3 is 10.3 Å². The maximum absolute atomic E-state index is 13.9. The molecule has 0 fully saturated rings. The molecule has 3 heterocycles. The van der Waals surface area contributed by atoms with Crippen LogP contribution in [0.1, 0.15) is 18.7 Å². The molecule has 0 saturated heterocycles. The Morgan fingerprint density at radius 2 is 1.97 bits per heavy atom. The van der Waals surface area contributed by atoms with Crippen molar-refractivity contribution < 1.29 is 4.39 Å². The fourth-order valence-corrected chi connectivity index (χ4v) is 4.06. The molecule has 32 heavy (non-hydrogen) atoms. The predicted octanol–water partition coefficient (Wildman–Crippen LogP) is 5.28. The SMILES string of the molecule is CC(Nc1ncnc2[nH]cnc12)c1cc2ccc(F)cc2c(=O)n1-c1cccc(Cl)c1Cl. The Labute approximate surface area is 190 Å². The van der Waals surface area contributed by atoms with E-state index < -0.39 is 17.4 Å². The predicted molar refractivity (Wildman–Crippen MR) is 123 cm³/mol. The first-order chi connectivity index (χ1) is 15.4. The summed E-state index contributed by atoms with van der Waals surface area (Å²) in [4.78, 5) is 29.1. The van der Waals surface area contributed by atoms with Gasteiger partial charge in [-0.25, -0.2) is 19.3 Å². The first-order valence-electron chi connectivity index (χ1n) is 9.64. The van der Waals surface area contributed by atoms with Crippen molar-refractivity contribution in [3.8, 4) is 5.69 Å². The third-order valence-corrected chi connectivity index (χ3v) is 6.01. The Bertz CT molecular complexity index is 1550. The van der Waals surface area contributed by atoms with Crippen molar-refractivity contribution >= 4 is 51.0 Å². The number of aromatic amines is 1. The van der Waals surface area contributed by atoms with Crippen LogP contribution in [0.4, 0.5) is 10.2 Å². The number of hydrogen-bond donors (Lipinski definition) is 2. The minimum Gasteiger partial charge on any atom is -0.360 e. The summed E-state index contributed by atoms with van der Waals surface area (Å²) >= 11 is 12.7. The molecule has 1 atom stereocenters. The topological polar surface area (TPSA) is 88.5 Å². The number of halogens is 3. The number of fused-ring (bicyclic) bond motifs is 2. The van der Waals surface area contributed by atoms with Crippen LogP contribution in [0.5, 0.6) is 0 Å². The van der Waals surface area contributed by atoms with Crippen LogP contribution >= 0.6 is 23.2 Å². The summed E-state index contributed by atoms with van der Waals surface area (Å²) in [5.41, 5.74) is 1.71. The van der Waals surface area contributed by atoms with E-state index in [4.69, 9.17) is 23.2 Å². The lowest BCUT2D eigenvalue weighted by Gasteiger charge is -2.22. The molecule has 0 spiro atoms. The van der Waals surface area contributed by atoms with E-state index in [-0.39, 0.29) is 10.4 Å². The van der Waals surface area contributed by atoms with Crippen molar-refractivity contribution in [2.45, 2.75) is 13.0 Å². The first-order valence-corrected chi connectivity index (χ1v) is 10.4. The van der Waals surface area contributed by atoms with Gasteiger partial charge in [0.05, 0.1) is 33.5 Å². The summed E-state index contributed by atoms with van der Waals surface area (Å²) in [6.45, 7) is 1.87. The highest BCUT2D eigenvalue weighted by molar-refractivity contribution is 6.43. The second kappa shape index (κ2) is 7.89. The van der Waals surface area contributed by atoms with Crippen molar-refractivity contribution in [2.75, 3.05) is 5.32 Å². The lowest BCUT2D eigenvalue weighted by molar-refractivity contribution is 0.629. The average molecular weight is 469 g/mol. The summed E-state index contributed by atoms with van der Waals surface area (Å²) in [5.74, 6) is -0.00156. The van der Waals surface area contributed by atoms with E-state index >= 15 is 0 Å². The lowest BCUT2D eigenvalue weighted by atomic mass is 10.1. The Balaban J connectivity index is 1.74. The van der Waals surface area contributed by atoms with Gasteiger partial charge in [-0.2, -0.15) is 0 Å². The van der Waals surface area contributed by atoms with Gasteiger partial charge in [-0.05, 0) is 42.6 Å². The molecule has 10 heteroatoms. The number of aromatic nitrogens is 5. The molecule has 2 N–H and O–H groups in total. The van der Waals surface area contributed by atoms with Crippen molar-refractivity contribution in [1.29, 1.82) is 0 Å². The molecule has 0 aliphatic heterocycles. The third-order valence-electron chi connectivity index (χ3n) is 5.20. The van der Waals surface area contributed by atoms with Crippen LogP contribution in [0.3, 0.4) is 0 Å². The van der Waals surface area contributed by atoms with Crippen LogP contribution in [-0.4, -0.2) is 24.5 Å². The van der Waals surface area contributed by atoms with Crippen LogP contribution in [0, 0.1) is 5.82 Å². The molecule has 2 aromatic carbocycles. The average Bonchev–Trinajstić information content (AvgIpc) is 3.26. The zero-order valence-electron chi connectivity index (χ0n) is 16.6. The van der Waals surface area contributed by atoms with Gasteiger partial charge in [0, 0.05) is 5.69 Å². The highest BCUT2D eigenvalue weighted by Crippen LogP contribution is 2.32. The quantitative estimate of drug-likeness (QED) is 0.374. The number of nitrogens with zero attached hydrogens (tertiary/aromatic N) is 4. The van der Waals surface area contributed by atoms with Gasteiger partial charge in [-0.15, -0.1) is 0 Å². The monoisotopic (exact) mass is 468 g/mol. The van der Waals surface area contributed by atoms with Gasteiger partial charge in [-0.1, -0.05) is 35.3 Å². The number of nitrogens with one attached hydrogen (secondary N) is 2. The fourth-order valence-electron chi connectivity index (χ4n) is 3.68. The summed E-state index contributed by atoms with van der Waals surface area (Å²) in [7, 11) is 0. The van der Waals surface area contributed by atoms with Gasteiger partial charge >= 0.3 is 0 Å². The largest absolute Gasteiger partial charge is 0.360 e. The molecule has 5 aromatic rings. The molecular formula is C22H15Cl2FN6O. The van der Waals surface area contributed by atoms with Gasteiger partial charge in [0.1, 0.15) is 17.7 Å². The Kier molecular flexibility index (Phi) is 5.03. The number of H-pyrrole nitrogens is 1. The van der Waals surface area contributed by atoms with Crippen LogP contribution < -0.4 is 10.9 Å². The molecular weight excluding hydrogens is 454 g/mol. The van der Waals surface area contributed by atoms with Gasteiger partial charge in [0.15, 0.2) is 11.5 Å². The van der Waals surface area contributed by atoms with E-state index in [1.807, 2.05) is 13.0 Å². The molecule has 0 aliphatic rings. The summed E-state index contributed by atoms with van der Waals surface area (Å²) in [6.07, 6.45) is 2.95. The second-order valence-corrected chi connectivity index (χ2v) is 7.99. The number of hydrogen-bond acceptors (Lipinski definition) is 5. The van der Waals surface area contributed by atoms with Crippen molar-refractivity contribution in [3.63, 3.8) is 0 Å². The van der Waals surface area contributed by atoms with Crippen molar-refractivity contribution in [1.82, 2.24) is 24.5 Å². The maximum atomic E-state index is 13.9. The van der Waals surface area contributed by atoms with Crippen LogP contribution in [0.25, 0.3) is 27.6 Å². The van der Waals surface area contributed by atoms with Crippen LogP contribution in [-0.2, 0) is 0 Å². The molecule has 160 valence electrons. The van der Waals surface area contributed by atoms with E-state index in [1.54, 1.807) is 24.3 Å². The molecule has 3 aromatic heterocycles. The maximum Gasteiger partial charge on any atom is 0.263 e. The highest BCUT2D eigenvalue weighted by Gasteiger charge is 2.20. The first kappa shape index (κ1) is 20.4. The summed E-state index contributed by atoms with van der Waals surface area (Å²) < 4.78 is 15.4. The summed E-state index contributed by atoms with van der Waals surface area (Å²) in [5, 5.41) is 4.64. The number of rotatable bonds is 4. The lowest BCUT2D eigenvalue weighted by Crippen LogP contribution is -2.26. The van der Waals surface area contributed by atoms with E-state index in [1.165, 1.54) is 29.4 Å². The number of benzene rings is 2. The van der Waals surface area contributed by atoms with Gasteiger partial charge in [0.2, 0.25) is 0 Å². The molecule has 0 amide bonds. The Hall–Kier alpha value is -3.49. The Morgan fingerprint density at radius 3 is 2.81 bits per heavy atom.